The van der Waals surface area contributed by atoms with Crippen molar-refractivity contribution in [1.29, 1.82) is 0 Å². The van der Waals surface area contributed by atoms with Gasteiger partial charge in [0.25, 0.3) is 5.91 Å². The average Bonchev–Trinajstić information content (AvgIpc) is 2.44. The Bertz CT molecular complexity index is 386. The van der Waals surface area contributed by atoms with Crippen LogP contribution in [0.3, 0.4) is 0 Å². The van der Waals surface area contributed by atoms with Gasteiger partial charge < -0.3 is 15.1 Å². The van der Waals surface area contributed by atoms with Crippen LogP contribution in [-0.2, 0) is 4.79 Å². The van der Waals surface area contributed by atoms with Crippen molar-refractivity contribution in [2.75, 3.05) is 39.3 Å². The Kier molecular flexibility index (Phi) is 5.51. The Morgan fingerprint density at radius 1 is 1.23 bits per heavy atom. The van der Waals surface area contributed by atoms with Crippen molar-refractivity contribution >= 4 is 5.91 Å². The Morgan fingerprint density at radius 2 is 1.86 bits per heavy atom. The summed E-state index contributed by atoms with van der Waals surface area (Å²) in [6.07, 6.45) is 3.33. The van der Waals surface area contributed by atoms with Crippen molar-refractivity contribution in [2.24, 2.45) is 11.3 Å². The number of aliphatic hydroxyl groups excluding tert-OH is 1. The Balaban J connectivity index is 1.95. The van der Waals surface area contributed by atoms with E-state index in [0.717, 1.165) is 38.9 Å². The monoisotopic (exact) mass is 312 g/mol. The number of piperidine rings is 2. The second-order valence-electron chi connectivity index (χ2n) is 8.32. The van der Waals surface area contributed by atoms with Gasteiger partial charge in [0.2, 0.25) is 0 Å². The molecule has 0 unspecified atom stereocenters. The maximum atomic E-state index is 12.7. The first-order valence-corrected chi connectivity index (χ1v) is 8.58. The van der Waals surface area contributed by atoms with E-state index >= 15 is 0 Å². The smallest absolute Gasteiger partial charge is 0.255 e. The summed E-state index contributed by atoms with van der Waals surface area (Å²) in [5.74, 6) is 0.281. The number of β-amino-alcohol motifs (C(OH)–C–C–N with tert-alkyl or cyclic N) is 1. The molecule has 0 aliphatic carbocycles. The van der Waals surface area contributed by atoms with E-state index in [1.165, 1.54) is 0 Å². The molecule has 2 aliphatic rings. The predicted octanol–water partition coefficient (Wildman–Crippen LogP) is 1.09. The van der Waals surface area contributed by atoms with Crippen LogP contribution in [-0.4, -0.2) is 70.9 Å². The number of aliphatic hydroxyl groups is 2. The molecule has 2 heterocycles. The van der Waals surface area contributed by atoms with Crippen molar-refractivity contribution in [3.63, 3.8) is 0 Å². The molecule has 5 nitrogen and oxygen atoms in total. The third-order valence-electron chi connectivity index (χ3n) is 4.82. The van der Waals surface area contributed by atoms with E-state index in [4.69, 9.17) is 0 Å². The Hall–Kier alpha value is -0.650. The summed E-state index contributed by atoms with van der Waals surface area (Å²) in [6, 6.07) is 0. The normalized spacial score (nSPS) is 29.1. The summed E-state index contributed by atoms with van der Waals surface area (Å²) in [5.41, 5.74) is -1.18. The van der Waals surface area contributed by atoms with E-state index in [1.807, 2.05) is 4.90 Å². The molecule has 0 saturated carbocycles. The number of rotatable bonds is 4. The minimum atomic E-state index is -1.23. The first-order chi connectivity index (χ1) is 10.2. The lowest BCUT2D eigenvalue weighted by Gasteiger charge is -2.43. The van der Waals surface area contributed by atoms with Crippen LogP contribution in [0.25, 0.3) is 0 Å². The van der Waals surface area contributed by atoms with E-state index in [2.05, 4.69) is 25.7 Å². The Labute approximate surface area is 134 Å². The van der Waals surface area contributed by atoms with E-state index in [1.54, 1.807) is 0 Å². The van der Waals surface area contributed by atoms with Crippen molar-refractivity contribution in [1.82, 2.24) is 9.80 Å². The second-order valence-corrected chi connectivity index (χ2v) is 8.32. The number of hydrogen-bond acceptors (Lipinski definition) is 4. The number of likely N-dealkylation sites (tertiary alicyclic amines) is 2. The van der Waals surface area contributed by atoms with Gasteiger partial charge >= 0.3 is 0 Å². The SMILES string of the molecule is CC(C)(C)CN1CCC[C@](O)(CN2CCC(CO)CC2)C1=O. The van der Waals surface area contributed by atoms with Gasteiger partial charge in [-0.05, 0) is 50.1 Å². The molecule has 1 amide bonds. The van der Waals surface area contributed by atoms with Crippen LogP contribution in [0.1, 0.15) is 46.5 Å². The molecule has 0 spiro atoms. The van der Waals surface area contributed by atoms with Gasteiger partial charge in [0, 0.05) is 26.2 Å². The molecule has 0 aromatic rings. The lowest BCUT2D eigenvalue weighted by molar-refractivity contribution is -0.161. The van der Waals surface area contributed by atoms with E-state index in [0.29, 0.717) is 25.4 Å². The largest absolute Gasteiger partial charge is 0.396 e. The van der Waals surface area contributed by atoms with E-state index in [-0.39, 0.29) is 17.9 Å². The standard InChI is InChI=1S/C17H32N2O3/c1-16(2,3)12-19-8-4-7-17(22,15(19)21)13-18-9-5-14(11-20)6-10-18/h14,20,22H,4-13H2,1-3H3/t17-/m0/s1. The van der Waals surface area contributed by atoms with Crippen LogP contribution < -0.4 is 0 Å². The highest BCUT2D eigenvalue weighted by Gasteiger charge is 2.44. The molecule has 2 fully saturated rings. The minimum absolute atomic E-state index is 0.0490. The van der Waals surface area contributed by atoms with Gasteiger partial charge in [0.15, 0.2) is 5.60 Å². The molecule has 0 bridgehead atoms. The van der Waals surface area contributed by atoms with Crippen LogP contribution in [0, 0.1) is 11.3 Å². The molecule has 2 N–H and O–H groups in total. The maximum absolute atomic E-state index is 12.7. The molecule has 5 heteroatoms. The van der Waals surface area contributed by atoms with E-state index < -0.39 is 5.60 Å². The van der Waals surface area contributed by atoms with Crippen molar-refractivity contribution in [3.8, 4) is 0 Å². The second kappa shape index (κ2) is 6.85. The molecule has 22 heavy (non-hydrogen) atoms. The number of amides is 1. The zero-order chi connectivity index (χ0) is 16.4. The highest BCUT2D eigenvalue weighted by molar-refractivity contribution is 5.86. The van der Waals surface area contributed by atoms with Gasteiger partial charge in [-0.25, -0.2) is 0 Å². The van der Waals surface area contributed by atoms with Gasteiger partial charge in [-0.3, -0.25) is 9.69 Å². The first kappa shape index (κ1) is 17.7. The summed E-state index contributed by atoms with van der Waals surface area (Å²) < 4.78 is 0. The summed E-state index contributed by atoms with van der Waals surface area (Å²) in [6.45, 7) is 10.2. The molecular formula is C17H32N2O3. The summed E-state index contributed by atoms with van der Waals surface area (Å²) in [7, 11) is 0. The van der Waals surface area contributed by atoms with Crippen molar-refractivity contribution < 1.29 is 15.0 Å². The van der Waals surface area contributed by atoms with Crippen molar-refractivity contribution in [3.05, 3.63) is 0 Å². The fraction of sp³-hybridized carbons (Fsp3) is 0.941. The highest BCUT2D eigenvalue weighted by atomic mass is 16.3. The lowest BCUT2D eigenvalue weighted by atomic mass is 9.87. The fourth-order valence-electron chi connectivity index (χ4n) is 3.63. The Morgan fingerprint density at radius 3 is 2.41 bits per heavy atom. The van der Waals surface area contributed by atoms with Gasteiger partial charge in [-0.15, -0.1) is 0 Å². The predicted molar refractivity (Wildman–Crippen MR) is 86.5 cm³/mol. The van der Waals surface area contributed by atoms with E-state index in [9.17, 15) is 15.0 Å². The van der Waals surface area contributed by atoms with Crippen LogP contribution in [0.4, 0.5) is 0 Å². The molecule has 0 radical (unpaired) electrons. The van der Waals surface area contributed by atoms with Gasteiger partial charge in [0.1, 0.15) is 0 Å². The van der Waals surface area contributed by atoms with Crippen LogP contribution >= 0.6 is 0 Å². The fourth-order valence-corrected chi connectivity index (χ4v) is 3.63. The molecule has 0 aromatic carbocycles. The number of nitrogens with zero attached hydrogens (tertiary/aromatic N) is 2. The molecule has 2 saturated heterocycles. The minimum Gasteiger partial charge on any atom is -0.396 e. The zero-order valence-corrected chi connectivity index (χ0v) is 14.3. The summed E-state index contributed by atoms with van der Waals surface area (Å²) in [4.78, 5) is 16.8. The highest BCUT2D eigenvalue weighted by Crippen LogP contribution is 2.28. The van der Waals surface area contributed by atoms with Gasteiger partial charge in [-0.1, -0.05) is 20.8 Å². The van der Waals surface area contributed by atoms with Crippen molar-refractivity contribution in [2.45, 2.75) is 52.1 Å². The zero-order valence-electron chi connectivity index (χ0n) is 14.3. The first-order valence-electron chi connectivity index (χ1n) is 8.58. The van der Waals surface area contributed by atoms with Gasteiger partial charge in [-0.2, -0.15) is 0 Å². The molecule has 0 aromatic heterocycles. The summed E-state index contributed by atoms with van der Waals surface area (Å²) in [5, 5.41) is 20.1. The van der Waals surface area contributed by atoms with Crippen LogP contribution in [0.5, 0.6) is 0 Å². The molecule has 2 aliphatic heterocycles. The maximum Gasteiger partial charge on any atom is 0.255 e. The molecule has 1 atom stereocenters. The van der Waals surface area contributed by atoms with Crippen LogP contribution in [0.2, 0.25) is 0 Å². The average molecular weight is 312 g/mol. The topological polar surface area (TPSA) is 64.0 Å². The number of hydrogen-bond donors (Lipinski definition) is 2. The lowest BCUT2D eigenvalue weighted by Crippen LogP contribution is -2.60. The third kappa shape index (κ3) is 4.43. The third-order valence-corrected chi connectivity index (χ3v) is 4.82. The van der Waals surface area contributed by atoms with Gasteiger partial charge in [0.05, 0.1) is 0 Å². The quantitative estimate of drug-likeness (QED) is 0.816. The molecular weight excluding hydrogens is 280 g/mol. The van der Waals surface area contributed by atoms with Crippen LogP contribution in [0.15, 0.2) is 0 Å². The number of carbonyl (C=O) groups excluding carboxylic acids is 1. The molecule has 2 rings (SSSR count). The number of carbonyl (C=O) groups is 1. The summed E-state index contributed by atoms with van der Waals surface area (Å²) >= 11 is 0. The molecule has 128 valence electrons.